The van der Waals surface area contributed by atoms with Crippen LogP contribution in [0.15, 0.2) is 42.5 Å². The van der Waals surface area contributed by atoms with Crippen molar-refractivity contribution in [3.8, 4) is 11.5 Å². The first kappa shape index (κ1) is 20.8. The van der Waals surface area contributed by atoms with E-state index in [9.17, 15) is 9.18 Å². The Hall–Kier alpha value is -2.44. The number of halogens is 1. The maximum atomic E-state index is 13.8. The number of hydrogen-bond acceptors (Lipinski definition) is 4. The van der Waals surface area contributed by atoms with Gasteiger partial charge in [-0.3, -0.25) is 0 Å². The quantitative estimate of drug-likeness (QED) is 0.601. The summed E-state index contributed by atoms with van der Waals surface area (Å²) in [6, 6.07) is 12.7. The van der Waals surface area contributed by atoms with Crippen LogP contribution in [0.2, 0.25) is 0 Å². The average molecular weight is 414 g/mol. The minimum atomic E-state index is -0.939. The molecule has 5 rings (SSSR count). The highest BCUT2D eigenvalue weighted by molar-refractivity contribution is 5.67. The summed E-state index contributed by atoms with van der Waals surface area (Å²) in [5.74, 6) is -0.0844. The summed E-state index contributed by atoms with van der Waals surface area (Å²) in [7, 11) is 0. The zero-order valence-corrected chi connectivity index (χ0v) is 17.2. The molecule has 160 valence electrons. The van der Waals surface area contributed by atoms with Gasteiger partial charge in [0.05, 0.1) is 12.2 Å². The van der Waals surface area contributed by atoms with E-state index in [0.29, 0.717) is 30.3 Å². The predicted molar refractivity (Wildman–Crippen MR) is 109 cm³/mol. The molecular formula is C24H27FO5. The highest BCUT2D eigenvalue weighted by Crippen LogP contribution is 2.55. The Morgan fingerprint density at radius 1 is 1.13 bits per heavy atom. The van der Waals surface area contributed by atoms with Gasteiger partial charge in [-0.15, -0.1) is 0 Å². The van der Waals surface area contributed by atoms with Crippen molar-refractivity contribution in [2.75, 3.05) is 19.8 Å². The number of fused-ring (bicyclic) bond motifs is 3. The lowest BCUT2D eigenvalue weighted by molar-refractivity contribution is -0.194. The molecule has 3 fully saturated rings. The molecule has 2 aromatic rings. The van der Waals surface area contributed by atoms with Crippen molar-refractivity contribution < 1.29 is 28.5 Å². The molecule has 2 heterocycles. The maximum Gasteiger partial charge on any atom is 0.329 e. The van der Waals surface area contributed by atoms with Crippen molar-refractivity contribution in [3.63, 3.8) is 0 Å². The van der Waals surface area contributed by atoms with Gasteiger partial charge in [0.2, 0.25) is 0 Å². The first-order valence-corrected chi connectivity index (χ1v) is 10.4. The Kier molecular flexibility index (Phi) is 5.80. The Morgan fingerprint density at radius 3 is 2.57 bits per heavy atom. The molecule has 0 atom stereocenters. The topological polar surface area (TPSA) is 65.0 Å². The first-order valence-electron chi connectivity index (χ1n) is 10.4. The molecule has 2 aliphatic heterocycles. The van der Waals surface area contributed by atoms with Crippen LogP contribution in [0.4, 0.5) is 4.39 Å². The van der Waals surface area contributed by atoms with Crippen molar-refractivity contribution in [2.45, 2.75) is 44.6 Å². The second-order valence-electron chi connectivity index (χ2n) is 8.52. The summed E-state index contributed by atoms with van der Waals surface area (Å²) >= 11 is 0. The molecule has 0 amide bonds. The number of carboxylic acids is 1. The lowest BCUT2D eigenvalue weighted by Crippen LogP contribution is -2.49. The number of hydrogen-bond donors (Lipinski definition) is 1. The third kappa shape index (κ3) is 4.35. The molecule has 0 spiro atoms. The smallest absolute Gasteiger partial charge is 0.329 e. The summed E-state index contributed by atoms with van der Waals surface area (Å²) in [6.45, 7) is 2.57. The Balaban J connectivity index is 1.41. The highest BCUT2D eigenvalue weighted by Gasteiger charge is 2.50. The summed E-state index contributed by atoms with van der Waals surface area (Å²) in [6.07, 6.45) is 4.69. The third-order valence-electron chi connectivity index (χ3n) is 6.51. The molecule has 1 aliphatic carbocycles. The van der Waals surface area contributed by atoms with E-state index < -0.39 is 5.97 Å². The molecule has 3 aliphatic rings. The van der Waals surface area contributed by atoms with Crippen LogP contribution in [0.1, 0.15) is 43.2 Å². The van der Waals surface area contributed by atoms with Crippen LogP contribution in [-0.2, 0) is 19.9 Å². The Labute approximate surface area is 175 Å². The lowest BCUT2D eigenvalue weighted by atomic mass is 9.63. The normalized spacial score (nSPS) is 25.3. The van der Waals surface area contributed by atoms with Gasteiger partial charge < -0.3 is 19.3 Å². The highest BCUT2D eigenvalue weighted by atomic mass is 19.1. The minimum absolute atomic E-state index is 0.0772. The van der Waals surface area contributed by atoms with Crippen LogP contribution in [0.5, 0.6) is 11.5 Å². The fourth-order valence-corrected chi connectivity index (χ4v) is 4.52. The number of aryl methyl sites for hydroxylation is 1. The van der Waals surface area contributed by atoms with Gasteiger partial charge in [-0.25, -0.2) is 9.18 Å². The van der Waals surface area contributed by atoms with E-state index in [1.165, 1.54) is 6.07 Å². The van der Waals surface area contributed by atoms with E-state index >= 15 is 0 Å². The van der Waals surface area contributed by atoms with Gasteiger partial charge in [0.1, 0.15) is 23.9 Å². The van der Waals surface area contributed by atoms with E-state index in [0.717, 1.165) is 37.7 Å². The zero-order chi connectivity index (χ0) is 21.2. The third-order valence-corrected chi connectivity index (χ3v) is 6.51. The van der Waals surface area contributed by atoms with Gasteiger partial charge in [0.15, 0.2) is 0 Å². The van der Waals surface area contributed by atoms with Crippen molar-refractivity contribution >= 4 is 5.97 Å². The van der Waals surface area contributed by atoms with Gasteiger partial charge in [0, 0.05) is 12.7 Å². The fraction of sp³-hybridized carbons (Fsp3) is 0.458. The monoisotopic (exact) mass is 414 g/mol. The zero-order valence-electron chi connectivity index (χ0n) is 17.2. The van der Waals surface area contributed by atoms with E-state index in [1.54, 1.807) is 19.1 Å². The number of ether oxygens (including phenoxy) is 3. The van der Waals surface area contributed by atoms with E-state index in [4.69, 9.17) is 19.3 Å². The molecule has 1 saturated carbocycles. The second kappa shape index (κ2) is 8.36. The maximum absolute atomic E-state index is 13.8. The molecule has 2 aromatic carbocycles. The van der Waals surface area contributed by atoms with Crippen LogP contribution in [0.25, 0.3) is 0 Å². The first-order chi connectivity index (χ1) is 14.4. The Bertz CT molecular complexity index is 901. The molecule has 5 nitrogen and oxygen atoms in total. The summed E-state index contributed by atoms with van der Waals surface area (Å²) in [5.41, 5.74) is 1.43. The van der Waals surface area contributed by atoms with Crippen LogP contribution in [-0.4, -0.2) is 30.9 Å². The lowest BCUT2D eigenvalue weighted by Gasteiger charge is -2.53. The summed E-state index contributed by atoms with van der Waals surface area (Å²) < 4.78 is 31.3. The van der Waals surface area contributed by atoms with Crippen LogP contribution >= 0.6 is 0 Å². The average Bonchev–Trinajstić information content (AvgIpc) is 2.75. The number of benzene rings is 2. The summed E-state index contributed by atoms with van der Waals surface area (Å²) in [4.78, 5) is 10.6. The van der Waals surface area contributed by atoms with Gasteiger partial charge >= 0.3 is 5.97 Å². The van der Waals surface area contributed by atoms with E-state index in [2.05, 4.69) is 6.07 Å². The molecule has 2 saturated heterocycles. The van der Waals surface area contributed by atoms with Gasteiger partial charge in [-0.2, -0.15) is 0 Å². The number of carbonyl (C=O) groups is 1. The van der Waals surface area contributed by atoms with Gasteiger partial charge in [0.25, 0.3) is 0 Å². The molecule has 6 heteroatoms. The van der Waals surface area contributed by atoms with Gasteiger partial charge in [-0.1, -0.05) is 18.2 Å². The molecule has 0 unspecified atom stereocenters. The van der Waals surface area contributed by atoms with E-state index in [1.807, 2.05) is 18.2 Å². The number of rotatable bonds is 8. The van der Waals surface area contributed by atoms with E-state index in [-0.39, 0.29) is 23.4 Å². The SMILES string of the molecule is Cc1ccc(Oc2cccc(C34CCC(CCOCC(=O)O)(CC3)CO4)c2)cc1F. The molecule has 2 bridgehead atoms. The molecular weight excluding hydrogens is 387 g/mol. The second-order valence-corrected chi connectivity index (χ2v) is 8.52. The molecule has 0 radical (unpaired) electrons. The Morgan fingerprint density at radius 2 is 1.90 bits per heavy atom. The van der Waals surface area contributed by atoms with Crippen LogP contribution in [0, 0.1) is 18.2 Å². The van der Waals surface area contributed by atoms with Crippen LogP contribution in [0.3, 0.4) is 0 Å². The van der Waals surface area contributed by atoms with Crippen molar-refractivity contribution in [1.82, 2.24) is 0 Å². The van der Waals surface area contributed by atoms with Crippen molar-refractivity contribution in [2.24, 2.45) is 5.41 Å². The molecule has 30 heavy (non-hydrogen) atoms. The molecule has 0 aromatic heterocycles. The fourth-order valence-electron chi connectivity index (χ4n) is 4.52. The number of carboxylic acid groups (broad SMARTS) is 1. The standard InChI is InChI=1S/C24H27FO5/c1-17-5-6-20(14-21(17)25)30-19-4-2-3-18(13-19)24-9-7-23(8-10-24,16-29-24)11-12-28-15-22(26)27/h2-6,13-14H,7-12,15-16H2,1H3,(H,26,27). The predicted octanol–water partition coefficient (Wildman–Crippen LogP) is 5.20. The summed E-state index contributed by atoms with van der Waals surface area (Å²) in [5, 5.41) is 8.70. The van der Waals surface area contributed by atoms with Crippen LogP contribution < -0.4 is 4.74 Å². The van der Waals surface area contributed by atoms with Crippen molar-refractivity contribution in [1.29, 1.82) is 0 Å². The van der Waals surface area contributed by atoms with Gasteiger partial charge in [-0.05, 0) is 73.8 Å². The largest absolute Gasteiger partial charge is 0.480 e. The minimum Gasteiger partial charge on any atom is -0.480 e. The number of aliphatic carboxylic acids is 1. The van der Waals surface area contributed by atoms with Crippen molar-refractivity contribution in [3.05, 3.63) is 59.4 Å². The molecule has 1 N–H and O–H groups in total.